The summed E-state index contributed by atoms with van der Waals surface area (Å²) >= 11 is 0. The summed E-state index contributed by atoms with van der Waals surface area (Å²) in [5.41, 5.74) is 1.74. The average Bonchev–Trinajstić information content (AvgIpc) is 2.27. The van der Waals surface area contributed by atoms with Crippen LogP contribution in [0.25, 0.3) is 10.9 Å². The van der Waals surface area contributed by atoms with Crippen molar-refractivity contribution in [2.75, 3.05) is 7.11 Å². The smallest absolute Gasteiger partial charge is 0.138 e. The van der Waals surface area contributed by atoms with Gasteiger partial charge in [-0.25, -0.2) is 4.98 Å². The summed E-state index contributed by atoms with van der Waals surface area (Å²) < 4.78 is 5.19. The van der Waals surface area contributed by atoms with Gasteiger partial charge in [0.2, 0.25) is 0 Å². The lowest BCUT2D eigenvalue weighted by Gasteiger charge is -2.25. The normalized spacial score (nSPS) is 15.8. The number of hydrogen-bond acceptors (Lipinski definition) is 3. The van der Waals surface area contributed by atoms with E-state index < -0.39 is 0 Å². The molecule has 2 aromatic rings. The van der Waals surface area contributed by atoms with Crippen LogP contribution in [0.2, 0.25) is 0 Å². The van der Waals surface area contributed by atoms with Crippen molar-refractivity contribution in [2.24, 2.45) is 0 Å². The first-order valence-electron chi connectivity index (χ1n) is 5.95. The fraction of sp³-hybridized carbons (Fsp3) is 0.357. The quantitative estimate of drug-likeness (QED) is 0.859. The number of pyridine rings is 1. The lowest BCUT2D eigenvalue weighted by molar-refractivity contribution is 0.384. The molecule has 3 nitrogen and oxygen atoms in total. The molecule has 1 fully saturated rings. The molecule has 1 aromatic heterocycles. The molecule has 1 heterocycles. The third-order valence-electron chi connectivity index (χ3n) is 3.53. The third kappa shape index (κ3) is 1.71. The van der Waals surface area contributed by atoms with Crippen LogP contribution in [0.4, 0.5) is 0 Å². The molecule has 17 heavy (non-hydrogen) atoms. The van der Waals surface area contributed by atoms with Crippen LogP contribution in [0.5, 0.6) is 11.5 Å². The Morgan fingerprint density at radius 3 is 2.76 bits per heavy atom. The summed E-state index contributed by atoms with van der Waals surface area (Å²) in [5.74, 6) is 1.56. The number of benzene rings is 1. The van der Waals surface area contributed by atoms with Crippen molar-refractivity contribution in [2.45, 2.75) is 25.2 Å². The molecule has 3 rings (SSSR count). The molecule has 0 saturated heterocycles. The molecule has 1 aliphatic carbocycles. The van der Waals surface area contributed by atoms with Crippen molar-refractivity contribution in [3.05, 3.63) is 30.0 Å². The topological polar surface area (TPSA) is 42.4 Å². The van der Waals surface area contributed by atoms with Crippen molar-refractivity contribution in [1.29, 1.82) is 0 Å². The Hall–Kier alpha value is -1.77. The van der Waals surface area contributed by atoms with Gasteiger partial charge in [-0.1, -0.05) is 6.42 Å². The van der Waals surface area contributed by atoms with E-state index in [0.29, 0.717) is 11.7 Å². The van der Waals surface area contributed by atoms with Crippen molar-refractivity contribution in [3.63, 3.8) is 0 Å². The number of aromatic hydroxyl groups is 1. The van der Waals surface area contributed by atoms with Crippen LogP contribution in [0, 0.1) is 0 Å². The van der Waals surface area contributed by atoms with E-state index in [4.69, 9.17) is 4.74 Å². The zero-order valence-corrected chi connectivity index (χ0v) is 9.81. The van der Waals surface area contributed by atoms with Gasteiger partial charge in [0.25, 0.3) is 0 Å². The summed E-state index contributed by atoms with van der Waals surface area (Å²) in [7, 11) is 1.65. The number of fused-ring (bicyclic) bond motifs is 1. The largest absolute Gasteiger partial charge is 0.506 e. The van der Waals surface area contributed by atoms with E-state index in [9.17, 15) is 5.11 Å². The standard InChI is InChI=1S/C14H15NO2/c1-17-11-6-5-10-7-13(16)14(9-3-2-4-9)15-12(10)8-11/h5-9,16H,2-4H2,1H3. The second kappa shape index (κ2) is 3.91. The van der Waals surface area contributed by atoms with Crippen molar-refractivity contribution >= 4 is 10.9 Å². The molecule has 0 atom stereocenters. The van der Waals surface area contributed by atoms with Crippen LogP contribution in [0.1, 0.15) is 30.9 Å². The van der Waals surface area contributed by atoms with Crippen molar-refractivity contribution in [1.82, 2.24) is 4.98 Å². The van der Waals surface area contributed by atoms with Gasteiger partial charge < -0.3 is 9.84 Å². The number of aromatic nitrogens is 1. The highest BCUT2D eigenvalue weighted by Crippen LogP contribution is 2.40. The van der Waals surface area contributed by atoms with Crippen molar-refractivity contribution < 1.29 is 9.84 Å². The summed E-state index contributed by atoms with van der Waals surface area (Å²) in [6.07, 6.45) is 3.51. The first-order valence-corrected chi connectivity index (χ1v) is 5.95. The number of hydrogen-bond donors (Lipinski definition) is 1. The Bertz CT molecular complexity index is 561. The second-order valence-electron chi connectivity index (χ2n) is 4.58. The highest BCUT2D eigenvalue weighted by Gasteiger charge is 2.24. The predicted molar refractivity (Wildman–Crippen MR) is 66.6 cm³/mol. The molecule has 0 aliphatic heterocycles. The van der Waals surface area contributed by atoms with E-state index in [0.717, 1.165) is 35.2 Å². The Labute approximate surface area is 100 Å². The lowest BCUT2D eigenvalue weighted by atomic mass is 9.82. The van der Waals surface area contributed by atoms with Crippen LogP contribution in [0.3, 0.4) is 0 Å². The van der Waals surface area contributed by atoms with Gasteiger partial charge in [0, 0.05) is 17.4 Å². The van der Waals surface area contributed by atoms with Crippen molar-refractivity contribution in [3.8, 4) is 11.5 Å². The molecule has 0 radical (unpaired) electrons. The molecular weight excluding hydrogens is 214 g/mol. The number of rotatable bonds is 2. The zero-order chi connectivity index (χ0) is 11.8. The molecule has 0 amide bonds. The van der Waals surface area contributed by atoms with Gasteiger partial charge in [0.15, 0.2) is 0 Å². The fourth-order valence-electron chi connectivity index (χ4n) is 2.26. The molecular formula is C14H15NO2. The Morgan fingerprint density at radius 2 is 2.12 bits per heavy atom. The summed E-state index contributed by atoms with van der Waals surface area (Å²) in [5, 5.41) is 10.9. The number of methoxy groups -OCH3 is 1. The maximum absolute atomic E-state index is 9.98. The minimum Gasteiger partial charge on any atom is -0.506 e. The molecule has 0 spiro atoms. The van der Waals surface area contributed by atoms with E-state index >= 15 is 0 Å². The minimum atomic E-state index is 0.326. The molecule has 0 unspecified atom stereocenters. The summed E-state index contributed by atoms with van der Waals surface area (Å²) in [4.78, 5) is 4.58. The maximum Gasteiger partial charge on any atom is 0.138 e. The molecule has 1 aliphatic rings. The van der Waals surface area contributed by atoms with Crippen LogP contribution in [0.15, 0.2) is 24.3 Å². The highest BCUT2D eigenvalue weighted by molar-refractivity contribution is 5.81. The predicted octanol–water partition coefficient (Wildman–Crippen LogP) is 3.22. The average molecular weight is 229 g/mol. The van der Waals surface area contributed by atoms with Crippen LogP contribution in [-0.2, 0) is 0 Å². The SMILES string of the molecule is COc1ccc2cc(O)c(C3CCC3)nc2c1. The van der Waals surface area contributed by atoms with Gasteiger partial charge in [0.05, 0.1) is 18.3 Å². The summed E-state index contributed by atoms with van der Waals surface area (Å²) in [6, 6.07) is 7.52. The Balaban J connectivity index is 2.13. The van der Waals surface area contributed by atoms with Gasteiger partial charge in [-0.05, 0) is 31.0 Å². The van der Waals surface area contributed by atoms with Crippen LogP contribution >= 0.6 is 0 Å². The third-order valence-corrected chi connectivity index (χ3v) is 3.53. The molecule has 0 bridgehead atoms. The molecule has 88 valence electrons. The first kappa shape index (κ1) is 10.4. The van der Waals surface area contributed by atoms with Gasteiger partial charge in [-0.3, -0.25) is 0 Å². The second-order valence-corrected chi connectivity index (χ2v) is 4.58. The van der Waals surface area contributed by atoms with Crippen LogP contribution in [-0.4, -0.2) is 17.2 Å². The highest BCUT2D eigenvalue weighted by atomic mass is 16.5. The molecule has 1 N–H and O–H groups in total. The monoisotopic (exact) mass is 229 g/mol. The van der Waals surface area contributed by atoms with E-state index in [1.165, 1.54) is 6.42 Å². The zero-order valence-electron chi connectivity index (χ0n) is 9.81. The van der Waals surface area contributed by atoms with E-state index in [1.54, 1.807) is 13.2 Å². The van der Waals surface area contributed by atoms with E-state index in [-0.39, 0.29) is 0 Å². The van der Waals surface area contributed by atoms with Gasteiger partial charge in [-0.2, -0.15) is 0 Å². The minimum absolute atomic E-state index is 0.326. The van der Waals surface area contributed by atoms with Gasteiger partial charge >= 0.3 is 0 Å². The van der Waals surface area contributed by atoms with Gasteiger partial charge in [-0.15, -0.1) is 0 Å². The van der Waals surface area contributed by atoms with E-state index in [1.807, 2.05) is 18.2 Å². The van der Waals surface area contributed by atoms with Crippen LogP contribution < -0.4 is 4.74 Å². The van der Waals surface area contributed by atoms with E-state index in [2.05, 4.69) is 4.98 Å². The first-order chi connectivity index (χ1) is 8.28. The van der Waals surface area contributed by atoms with Gasteiger partial charge in [0.1, 0.15) is 11.5 Å². The summed E-state index contributed by atoms with van der Waals surface area (Å²) in [6.45, 7) is 0. The molecule has 1 aromatic carbocycles. The maximum atomic E-state index is 9.98. The Kier molecular flexibility index (Phi) is 2.39. The molecule has 3 heteroatoms. The number of nitrogens with zero attached hydrogens (tertiary/aromatic N) is 1. The lowest BCUT2D eigenvalue weighted by Crippen LogP contribution is -2.10. The Morgan fingerprint density at radius 1 is 1.29 bits per heavy atom. The molecule has 1 saturated carbocycles. The fourth-order valence-corrected chi connectivity index (χ4v) is 2.26. The number of ether oxygens (including phenoxy) is 1.